The molecular weight excluding hydrogens is 340 g/mol. The minimum Gasteiger partial charge on any atom is -0.471 e. The number of aromatic nitrogens is 3. The van der Waals surface area contributed by atoms with E-state index in [2.05, 4.69) is 10.1 Å². The predicted molar refractivity (Wildman–Crippen MR) is 102 cm³/mol. The molecule has 0 N–H and O–H groups in total. The van der Waals surface area contributed by atoms with E-state index >= 15 is 0 Å². The SMILES string of the molecule is Cc1ccnc(OCc2nn(C)c3c2CN(C(=O)CC2CCCC2)CC3)c1. The van der Waals surface area contributed by atoms with E-state index in [0.29, 0.717) is 37.3 Å². The standard InChI is InChI=1S/C21H28N4O2/c1-15-7-9-22-20(11-15)27-14-18-17-13-25(10-8-19(17)24(2)23-18)21(26)12-16-5-3-4-6-16/h7,9,11,16H,3-6,8,10,12-14H2,1-2H3. The highest BCUT2D eigenvalue weighted by Gasteiger charge is 2.28. The van der Waals surface area contributed by atoms with E-state index in [1.54, 1.807) is 6.20 Å². The molecule has 6 heteroatoms. The molecule has 2 aromatic rings. The van der Waals surface area contributed by atoms with Crippen molar-refractivity contribution in [2.45, 2.75) is 58.6 Å². The van der Waals surface area contributed by atoms with Gasteiger partial charge in [0, 0.05) is 56.5 Å². The van der Waals surface area contributed by atoms with E-state index in [9.17, 15) is 4.79 Å². The third kappa shape index (κ3) is 3.99. The summed E-state index contributed by atoms with van der Waals surface area (Å²) in [5, 5.41) is 4.65. The smallest absolute Gasteiger partial charge is 0.223 e. The van der Waals surface area contributed by atoms with Gasteiger partial charge in [-0.1, -0.05) is 12.8 Å². The van der Waals surface area contributed by atoms with Gasteiger partial charge in [0.2, 0.25) is 11.8 Å². The minimum absolute atomic E-state index is 0.295. The minimum atomic E-state index is 0.295. The molecule has 0 saturated heterocycles. The van der Waals surface area contributed by atoms with Gasteiger partial charge in [-0.3, -0.25) is 9.48 Å². The topological polar surface area (TPSA) is 60.3 Å². The summed E-state index contributed by atoms with van der Waals surface area (Å²) in [6.07, 6.45) is 8.29. The Morgan fingerprint density at radius 1 is 1.33 bits per heavy atom. The van der Waals surface area contributed by atoms with Crippen molar-refractivity contribution in [3.8, 4) is 5.88 Å². The Morgan fingerprint density at radius 3 is 2.93 bits per heavy atom. The normalized spacial score (nSPS) is 17.2. The van der Waals surface area contributed by atoms with Crippen LogP contribution in [-0.4, -0.2) is 32.1 Å². The number of amides is 1. The van der Waals surface area contributed by atoms with Crippen LogP contribution in [0.3, 0.4) is 0 Å². The van der Waals surface area contributed by atoms with Crippen molar-refractivity contribution in [2.24, 2.45) is 13.0 Å². The van der Waals surface area contributed by atoms with Crippen LogP contribution >= 0.6 is 0 Å². The van der Waals surface area contributed by atoms with Crippen LogP contribution in [0.5, 0.6) is 5.88 Å². The van der Waals surface area contributed by atoms with Gasteiger partial charge in [-0.15, -0.1) is 0 Å². The molecule has 2 aromatic heterocycles. The Kier molecular flexibility index (Phi) is 5.14. The maximum atomic E-state index is 12.8. The molecule has 0 spiro atoms. The molecule has 0 atom stereocenters. The number of nitrogens with zero attached hydrogens (tertiary/aromatic N) is 4. The molecule has 27 heavy (non-hydrogen) atoms. The van der Waals surface area contributed by atoms with E-state index in [-0.39, 0.29) is 0 Å². The van der Waals surface area contributed by atoms with E-state index in [1.165, 1.54) is 31.4 Å². The fourth-order valence-electron chi connectivity index (χ4n) is 4.32. The van der Waals surface area contributed by atoms with Crippen LogP contribution in [0, 0.1) is 12.8 Å². The fourth-order valence-corrected chi connectivity index (χ4v) is 4.32. The van der Waals surface area contributed by atoms with Gasteiger partial charge < -0.3 is 9.64 Å². The molecule has 1 fully saturated rings. The summed E-state index contributed by atoms with van der Waals surface area (Å²) >= 11 is 0. The first-order valence-corrected chi connectivity index (χ1v) is 9.97. The van der Waals surface area contributed by atoms with Crippen molar-refractivity contribution >= 4 is 5.91 Å². The maximum absolute atomic E-state index is 12.8. The summed E-state index contributed by atoms with van der Waals surface area (Å²) in [7, 11) is 1.98. The molecule has 1 aliphatic heterocycles. The third-order valence-corrected chi connectivity index (χ3v) is 5.86. The molecule has 4 rings (SSSR count). The highest BCUT2D eigenvalue weighted by Crippen LogP contribution is 2.30. The molecule has 1 amide bonds. The molecule has 2 aliphatic rings. The Bertz CT molecular complexity index is 824. The van der Waals surface area contributed by atoms with E-state index in [0.717, 1.165) is 29.8 Å². The second kappa shape index (κ2) is 7.71. The van der Waals surface area contributed by atoms with Gasteiger partial charge in [-0.2, -0.15) is 5.10 Å². The molecule has 0 unspecified atom stereocenters. The molecule has 0 bridgehead atoms. The van der Waals surface area contributed by atoms with Crippen LogP contribution in [-0.2, 0) is 31.4 Å². The zero-order valence-electron chi connectivity index (χ0n) is 16.3. The number of ether oxygens (including phenoxy) is 1. The lowest BCUT2D eigenvalue weighted by Gasteiger charge is -2.28. The second-order valence-electron chi connectivity index (χ2n) is 7.88. The zero-order chi connectivity index (χ0) is 18.8. The molecule has 1 aliphatic carbocycles. The van der Waals surface area contributed by atoms with E-state index < -0.39 is 0 Å². The maximum Gasteiger partial charge on any atom is 0.223 e. The third-order valence-electron chi connectivity index (χ3n) is 5.86. The Hall–Kier alpha value is -2.37. The van der Waals surface area contributed by atoms with Crippen molar-refractivity contribution in [1.82, 2.24) is 19.7 Å². The van der Waals surface area contributed by atoms with E-state index in [4.69, 9.17) is 4.74 Å². The molecule has 3 heterocycles. The first kappa shape index (κ1) is 18.0. The molecule has 0 radical (unpaired) electrons. The summed E-state index contributed by atoms with van der Waals surface area (Å²) in [5.41, 5.74) is 4.40. The summed E-state index contributed by atoms with van der Waals surface area (Å²) in [4.78, 5) is 19.0. The number of hydrogen-bond acceptors (Lipinski definition) is 4. The summed E-state index contributed by atoms with van der Waals surface area (Å²) in [6.45, 7) is 3.84. The van der Waals surface area contributed by atoms with Gasteiger partial charge in [-0.05, 0) is 37.3 Å². The van der Waals surface area contributed by atoms with Crippen LogP contribution in [0.25, 0.3) is 0 Å². The van der Waals surface area contributed by atoms with Crippen LogP contribution in [0.4, 0.5) is 0 Å². The zero-order valence-corrected chi connectivity index (χ0v) is 16.3. The van der Waals surface area contributed by atoms with Crippen LogP contribution < -0.4 is 4.74 Å². The fraction of sp³-hybridized carbons (Fsp3) is 0.571. The Balaban J connectivity index is 1.44. The number of carbonyl (C=O) groups excluding carboxylic acids is 1. The van der Waals surface area contributed by atoms with Gasteiger partial charge in [0.05, 0.1) is 0 Å². The van der Waals surface area contributed by atoms with E-state index in [1.807, 2.05) is 35.7 Å². The number of aryl methyl sites for hydroxylation is 2. The largest absolute Gasteiger partial charge is 0.471 e. The molecular formula is C21H28N4O2. The van der Waals surface area contributed by atoms with Crippen molar-refractivity contribution in [2.75, 3.05) is 6.54 Å². The number of hydrogen-bond donors (Lipinski definition) is 0. The summed E-state index contributed by atoms with van der Waals surface area (Å²) in [5.74, 6) is 1.49. The number of pyridine rings is 1. The average Bonchev–Trinajstić information content (AvgIpc) is 3.28. The lowest BCUT2D eigenvalue weighted by Crippen LogP contribution is -2.37. The highest BCUT2D eigenvalue weighted by atomic mass is 16.5. The lowest BCUT2D eigenvalue weighted by atomic mass is 10.0. The van der Waals surface area contributed by atoms with Crippen molar-refractivity contribution in [3.05, 3.63) is 40.8 Å². The Labute approximate surface area is 160 Å². The molecule has 0 aromatic carbocycles. The van der Waals surface area contributed by atoms with Crippen LogP contribution in [0.15, 0.2) is 18.3 Å². The van der Waals surface area contributed by atoms with Gasteiger partial charge >= 0.3 is 0 Å². The summed E-state index contributed by atoms with van der Waals surface area (Å²) < 4.78 is 7.81. The number of carbonyl (C=O) groups is 1. The second-order valence-corrected chi connectivity index (χ2v) is 7.88. The van der Waals surface area contributed by atoms with Crippen LogP contribution in [0.1, 0.15) is 54.6 Å². The monoisotopic (exact) mass is 368 g/mol. The van der Waals surface area contributed by atoms with Gasteiger partial charge in [0.15, 0.2) is 0 Å². The van der Waals surface area contributed by atoms with Crippen LogP contribution in [0.2, 0.25) is 0 Å². The summed E-state index contributed by atoms with van der Waals surface area (Å²) in [6, 6.07) is 3.87. The predicted octanol–water partition coefficient (Wildman–Crippen LogP) is 3.17. The van der Waals surface area contributed by atoms with Crippen molar-refractivity contribution in [1.29, 1.82) is 0 Å². The quantitative estimate of drug-likeness (QED) is 0.813. The van der Waals surface area contributed by atoms with Crippen molar-refractivity contribution in [3.63, 3.8) is 0 Å². The van der Waals surface area contributed by atoms with Crippen molar-refractivity contribution < 1.29 is 9.53 Å². The first-order valence-electron chi connectivity index (χ1n) is 9.97. The Morgan fingerprint density at radius 2 is 2.15 bits per heavy atom. The number of fused-ring (bicyclic) bond motifs is 1. The van der Waals surface area contributed by atoms with Gasteiger partial charge in [0.1, 0.15) is 12.3 Å². The molecule has 6 nitrogen and oxygen atoms in total. The highest BCUT2D eigenvalue weighted by molar-refractivity contribution is 5.76. The van der Waals surface area contributed by atoms with Gasteiger partial charge in [0.25, 0.3) is 0 Å². The lowest BCUT2D eigenvalue weighted by molar-refractivity contribution is -0.133. The number of rotatable bonds is 5. The molecule has 1 saturated carbocycles. The first-order chi connectivity index (χ1) is 13.1. The molecule has 144 valence electrons. The van der Waals surface area contributed by atoms with Gasteiger partial charge in [-0.25, -0.2) is 4.98 Å². The average molecular weight is 368 g/mol.